The molecule has 4 nitrogen and oxygen atoms in total. The number of methoxy groups -OCH3 is 2. The Morgan fingerprint density at radius 1 is 1.37 bits per heavy atom. The van der Waals surface area contributed by atoms with Crippen LogP contribution in [0, 0.1) is 6.92 Å². The number of aromatic nitrogens is 2. The van der Waals surface area contributed by atoms with Crippen molar-refractivity contribution in [2.24, 2.45) is 0 Å². The Balaban J connectivity index is 2.41. The number of fused-ring (bicyclic) bond motifs is 1. The molecule has 0 aliphatic heterocycles. The quantitative estimate of drug-likeness (QED) is 0.765. The topological polar surface area (TPSA) is 36.3 Å². The summed E-state index contributed by atoms with van der Waals surface area (Å²) < 4.78 is 12.7. The van der Waals surface area contributed by atoms with Gasteiger partial charge in [0, 0.05) is 14.2 Å². The summed E-state index contributed by atoms with van der Waals surface area (Å²) in [6.45, 7) is 3.30. The van der Waals surface area contributed by atoms with Gasteiger partial charge in [-0.3, -0.25) is 0 Å². The molecule has 1 atom stereocenters. The average Bonchev–Trinajstić information content (AvgIpc) is 2.75. The number of hydrogen-bond acceptors (Lipinski definition) is 3. The molecule has 0 amide bonds. The lowest BCUT2D eigenvalue weighted by Crippen LogP contribution is -2.24. The van der Waals surface area contributed by atoms with Crippen molar-refractivity contribution < 1.29 is 9.47 Å². The molecule has 0 bridgehead atoms. The highest BCUT2D eigenvalue weighted by Gasteiger charge is 2.15. The minimum absolute atomic E-state index is 0.00937. The molecule has 5 heteroatoms. The number of benzene rings is 1. The van der Waals surface area contributed by atoms with E-state index in [1.165, 1.54) is 5.56 Å². The third-order valence-electron chi connectivity index (χ3n) is 3.17. The number of halogens is 1. The van der Waals surface area contributed by atoms with E-state index < -0.39 is 0 Å². The molecule has 1 heterocycles. The van der Waals surface area contributed by atoms with Crippen LogP contribution < -0.4 is 0 Å². The highest BCUT2D eigenvalue weighted by molar-refractivity contribution is 6.16. The third-order valence-corrected chi connectivity index (χ3v) is 3.41. The van der Waals surface area contributed by atoms with Crippen LogP contribution in [0.5, 0.6) is 0 Å². The van der Waals surface area contributed by atoms with E-state index in [-0.39, 0.29) is 6.10 Å². The van der Waals surface area contributed by atoms with Crippen LogP contribution in [0.3, 0.4) is 0 Å². The molecule has 0 saturated heterocycles. The molecule has 0 radical (unpaired) electrons. The van der Waals surface area contributed by atoms with Crippen molar-refractivity contribution in [1.82, 2.24) is 9.55 Å². The lowest BCUT2D eigenvalue weighted by Gasteiger charge is -2.17. The van der Waals surface area contributed by atoms with E-state index in [0.29, 0.717) is 19.0 Å². The summed E-state index contributed by atoms with van der Waals surface area (Å²) in [5.74, 6) is 1.25. The molecule has 1 aromatic heterocycles. The SMILES string of the molecule is COCC(Cn1c(CCl)nc2ccc(C)cc21)OC. The van der Waals surface area contributed by atoms with E-state index in [2.05, 4.69) is 28.6 Å². The normalized spacial score (nSPS) is 13.1. The number of hydrogen-bond donors (Lipinski definition) is 0. The summed E-state index contributed by atoms with van der Waals surface area (Å²) in [5, 5.41) is 0. The maximum Gasteiger partial charge on any atom is 0.124 e. The second-order valence-corrected chi connectivity index (χ2v) is 4.84. The van der Waals surface area contributed by atoms with Gasteiger partial charge in [0.05, 0.1) is 36.2 Å². The van der Waals surface area contributed by atoms with Gasteiger partial charge in [0.2, 0.25) is 0 Å². The lowest BCUT2D eigenvalue weighted by atomic mass is 10.2. The summed E-state index contributed by atoms with van der Waals surface area (Å²) in [5.41, 5.74) is 3.26. The lowest BCUT2D eigenvalue weighted by molar-refractivity contribution is 0.0186. The Kier molecular flexibility index (Phi) is 4.80. The molecule has 19 heavy (non-hydrogen) atoms. The van der Waals surface area contributed by atoms with Gasteiger partial charge in [-0.1, -0.05) is 6.07 Å². The van der Waals surface area contributed by atoms with Gasteiger partial charge in [-0.2, -0.15) is 0 Å². The highest BCUT2D eigenvalue weighted by atomic mass is 35.5. The van der Waals surface area contributed by atoms with Crippen molar-refractivity contribution in [3.63, 3.8) is 0 Å². The maximum absolute atomic E-state index is 5.99. The first kappa shape index (κ1) is 14.3. The molecule has 0 spiro atoms. The fourth-order valence-electron chi connectivity index (χ4n) is 2.17. The summed E-state index contributed by atoms with van der Waals surface area (Å²) in [6, 6.07) is 6.20. The van der Waals surface area contributed by atoms with E-state index in [9.17, 15) is 0 Å². The van der Waals surface area contributed by atoms with Crippen molar-refractivity contribution in [2.45, 2.75) is 25.5 Å². The summed E-state index contributed by atoms with van der Waals surface area (Å²) in [6.07, 6.45) is -0.00937. The Morgan fingerprint density at radius 2 is 2.16 bits per heavy atom. The first-order valence-electron chi connectivity index (χ1n) is 6.23. The van der Waals surface area contributed by atoms with Gasteiger partial charge in [-0.05, 0) is 24.6 Å². The van der Waals surface area contributed by atoms with E-state index in [1.807, 2.05) is 6.07 Å². The number of rotatable bonds is 6. The van der Waals surface area contributed by atoms with Crippen LogP contribution in [0.2, 0.25) is 0 Å². The van der Waals surface area contributed by atoms with Crippen molar-refractivity contribution in [3.05, 3.63) is 29.6 Å². The third kappa shape index (κ3) is 3.08. The first-order chi connectivity index (χ1) is 9.19. The largest absolute Gasteiger partial charge is 0.382 e. The molecule has 104 valence electrons. The fraction of sp³-hybridized carbons (Fsp3) is 0.500. The van der Waals surface area contributed by atoms with Gasteiger partial charge >= 0.3 is 0 Å². The van der Waals surface area contributed by atoms with Crippen LogP contribution in [0.4, 0.5) is 0 Å². The van der Waals surface area contributed by atoms with E-state index in [0.717, 1.165) is 16.9 Å². The molecule has 0 aliphatic rings. The molecule has 2 aromatic rings. The van der Waals surface area contributed by atoms with Crippen LogP contribution in [0.15, 0.2) is 18.2 Å². The zero-order chi connectivity index (χ0) is 13.8. The Bertz CT molecular complexity index is 554. The fourth-order valence-corrected chi connectivity index (χ4v) is 2.38. The number of nitrogens with zero attached hydrogens (tertiary/aromatic N) is 2. The summed E-state index contributed by atoms with van der Waals surface area (Å²) in [7, 11) is 3.36. The van der Waals surface area contributed by atoms with Gasteiger partial charge in [-0.25, -0.2) is 4.98 Å². The van der Waals surface area contributed by atoms with Crippen molar-refractivity contribution in [2.75, 3.05) is 20.8 Å². The number of aryl methyl sites for hydroxylation is 1. The second-order valence-electron chi connectivity index (χ2n) is 4.58. The van der Waals surface area contributed by atoms with Crippen LogP contribution in [0.25, 0.3) is 11.0 Å². The minimum atomic E-state index is -0.00937. The minimum Gasteiger partial charge on any atom is -0.382 e. The van der Waals surface area contributed by atoms with Gasteiger partial charge in [-0.15, -0.1) is 11.6 Å². The van der Waals surface area contributed by atoms with E-state index >= 15 is 0 Å². The highest BCUT2D eigenvalue weighted by Crippen LogP contribution is 2.20. The van der Waals surface area contributed by atoms with Crippen molar-refractivity contribution >= 4 is 22.6 Å². The molecular formula is C14H19ClN2O2. The molecule has 2 rings (SSSR count). The zero-order valence-corrected chi connectivity index (χ0v) is 12.3. The number of ether oxygens (including phenoxy) is 2. The van der Waals surface area contributed by atoms with Gasteiger partial charge in [0.25, 0.3) is 0 Å². The predicted octanol–water partition coefficient (Wildman–Crippen LogP) is 2.74. The Morgan fingerprint density at radius 3 is 2.79 bits per heavy atom. The van der Waals surface area contributed by atoms with Gasteiger partial charge in [0.1, 0.15) is 5.82 Å². The number of imidazole rings is 1. The van der Waals surface area contributed by atoms with Crippen molar-refractivity contribution in [1.29, 1.82) is 0 Å². The standard InChI is InChI=1S/C14H19ClN2O2/c1-10-4-5-12-13(6-10)17(14(7-15)16-12)8-11(19-3)9-18-2/h4-6,11H,7-9H2,1-3H3. The maximum atomic E-state index is 5.99. The molecule has 0 N–H and O–H groups in total. The molecule has 0 aliphatic carbocycles. The van der Waals surface area contributed by atoms with Crippen LogP contribution in [-0.2, 0) is 21.9 Å². The van der Waals surface area contributed by atoms with Gasteiger partial charge < -0.3 is 14.0 Å². The van der Waals surface area contributed by atoms with Crippen LogP contribution in [0.1, 0.15) is 11.4 Å². The van der Waals surface area contributed by atoms with E-state index in [1.54, 1.807) is 14.2 Å². The second kappa shape index (κ2) is 6.37. The predicted molar refractivity (Wildman–Crippen MR) is 76.7 cm³/mol. The van der Waals surface area contributed by atoms with Crippen LogP contribution in [-0.4, -0.2) is 36.5 Å². The van der Waals surface area contributed by atoms with E-state index in [4.69, 9.17) is 21.1 Å². The van der Waals surface area contributed by atoms with Gasteiger partial charge in [0.15, 0.2) is 0 Å². The van der Waals surface area contributed by atoms with Crippen molar-refractivity contribution in [3.8, 4) is 0 Å². The van der Waals surface area contributed by atoms with Crippen LogP contribution >= 0.6 is 11.6 Å². The summed E-state index contributed by atoms with van der Waals surface area (Å²) >= 11 is 5.99. The molecular weight excluding hydrogens is 264 g/mol. The number of alkyl halides is 1. The molecule has 1 aromatic carbocycles. The smallest absolute Gasteiger partial charge is 0.124 e. The zero-order valence-electron chi connectivity index (χ0n) is 11.5. The summed E-state index contributed by atoms with van der Waals surface area (Å²) in [4.78, 5) is 4.55. The molecule has 0 fully saturated rings. The Labute approximate surface area is 118 Å². The Hall–Kier alpha value is -1.10. The molecule has 0 saturated carbocycles. The first-order valence-corrected chi connectivity index (χ1v) is 6.76. The average molecular weight is 283 g/mol. The molecule has 1 unspecified atom stereocenters. The monoisotopic (exact) mass is 282 g/mol.